The van der Waals surface area contributed by atoms with Gasteiger partial charge in [0, 0.05) is 0 Å². The van der Waals surface area contributed by atoms with E-state index in [1.807, 2.05) is 31.2 Å². The van der Waals surface area contributed by atoms with Crippen molar-refractivity contribution in [3.05, 3.63) is 41.0 Å². The number of esters is 1. The van der Waals surface area contributed by atoms with Gasteiger partial charge in [-0.2, -0.15) is 0 Å². The van der Waals surface area contributed by atoms with Gasteiger partial charge in [-0.05, 0) is 42.9 Å². The van der Waals surface area contributed by atoms with E-state index in [1.54, 1.807) is 0 Å². The van der Waals surface area contributed by atoms with Crippen LogP contribution in [0.4, 0.5) is 0 Å². The maximum atomic E-state index is 11.5. The third-order valence-electron chi connectivity index (χ3n) is 3.96. The number of ether oxygens (including phenoxy) is 1. The van der Waals surface area contributed by atoms with Gasteiger partial charge in [0.05, 0.1) is 19.1 Å². The van der Waals surface area contributed by atoms with Crippen LogP contribution in [-0.2, 0) is 9.53 Å². The van der Waals surface area contributed by atoms with Gasteiger partial charge in [-0.15, -0.1) is 0 Å². The molecule has 1 aromatic rings. The monoisotopic (exact) mass is 274 g/mol. The van der Waals surface area contributed by atoms with Crippen LogP contribution in [0.1, 0.15) is 49.7 Å². The highest BCUT2D eigenvalue weighted by atomic mass is 16.5. The molecule has 1 aliphatic carbocycles. The van der Waals surface area contributed by atoms with Crippen molar-refractivity contribution in [2.45, 2.75) is 44.6 Å². The molecule has 1 fully saturated rings. The van der Waals surface area contributed by atoms with Gasteiger partial charge in [-0.25, -0.2) is 0 Å². The lowest BCUT2D eigenvalue weighted by Gasteiger charge is -2.20. The summed E-state index contributed by atoms with van der Waals surface area (Å²) in [4.78, 5) is 11.5. The Morgan fingerprint density at radius 3 is 2.65 bits per heavy atom. The Hall–Kier alpha value is -1.61. The molecule has 0 saturated heterocycles. The van der Waals surface area contributed by atoms with Crippen molar-refractivity contribution in [2.24, 2.45) is 0 Å². The molecule has 0 aromatic heterocycles. The summed E-state index contributed by atoms with van der Waals surface area (Å²) in [7, 11) is 1.40. The Bertz CT molecular complexity index is 487. The zero-order chi connectivity index (χ0) is 14.5. The van der Waals surface area contributed by atoms with Crippen molar-refractivity contribution in [3.63, 3.8) is 0 Å². The third-order valence-corrected chi connectivity index (χ3v) is 3.96. The number of carbonyl (C=O) groups is 1. The SMILES string of the molecule is COC(=O)C(C)c1ccc(C=C2CCCC[C@@H]2O)cc1. The van der Waals surface area contributed by atoms with E-state index in [4.69, 9.17) is 4.74 Å². The smallest absolute Gasteiger partial charge is 0.312 e. The van der Waals surface area contributed by atoms with E-state index in [1.165, 1.54) is 7.11 Å². The second kappa shape index (κ2) is 6.71. The van der Waals surface area contributed by atoms with E-state index >= 15 is 0 Å². The summed E-state index contributed by atoms with van der Waals surface area (Å²) in [6, 6.07) is 7.87. The van der Waals surface area contributed by atoms with Crippen LogP contribution >= 0.6 is 0 Å². The average molecular weight is 274 g/mol. The van der Waals surface area contributed by atoms with Crippen molar-refractivity contribution < 1.29 is 14.6 Å². The van der Waals surface area contributed by atoms with Gasteiger partial charge in [-0.1, -0.05) is 36.8 Å². The van der Waals surface area contributed by atoms with E-state index in [2.05, 4.69) is 6.08 Å². The second-order valence-electron chi connectivity index (χ2n) is 5.39. The van der Waals surface area contributed by atoms with Crippen molar-refractivity contribution in [2.75, 3.05) is 7.11 Å². The number of benzene rings is 1. The van der Waals surface area contributed by atoms with Crippen LogP contribution in [0, 0.1) is 0 Å². The van der Waals surface area contributed by atoms with Crippen molar-refractivity contribution in [1.82, 2.24) is 0 Å². The first-order valence-electron chi connectivity index (χ1n) is 7.18. The van der Waals surface area contributed by atoms with Crippen LogP contribution in [0.5, 0.6) is 0 Å². The molecule has 1 N–H and O–H groups in total. The van der Waals surface area contributed by atoms with Crippen molar-refractivity contribution in [3.8, 4) is 0 Å². The molecule has 1 saturated carbocycles. The Labute approximate surface area is 120 Å². The molecule has 0 heterocycles. The quantitative estimate of drug-likeness (QED) is 0.860. The standard InChI is InChI=1S/C17H22O3/c1-12(17(19)20-2)14-9-7-13(8-10-14)11-15-5-3-4-6-16(15)18/h7-12,16,18H,3-6H2,1-2H3/t12?,16-/m0/s1. The van der Waals surface area contributed by atoms with E-state index in [0.717, 1.165) is 42.4 Å². The number of methoxy groups -OCH3 is 1. The second-order valence-corrected chi connectivity index (χ2v) is 5.39. The fourth-order valence-electron chi connectivity index (χ4n) is 2.60. The van der Waals surface area contributed by atoms with Crippen molar-refractivity contribution in [1.29, 1.82) is 0 Å². The Balaban J connectivity index is 2.12. The van der Waals surface area contributed by atoms with Crippen LogP contribution in [0.15, 0.2) is 29.8 Å². The largest absolute Gasteiger partial charge is 0.469 e. The molecule has 0 amide bonds. The maximum Gasteiger partial charge on any atom is 0.312 e. The molecule has 3 heteroatoms. The highest BCUT2D eigenvalue weighted by Crippen LogP contribution is 2.26. The van der Waals surface area contributed by atoms with Gasteiger partial charge in [-0.3, -0.25) is 4.79 Å². The number of aliphatic hydroxyl groups is 1. The molecule has 3 nitrogen and oxygen atoms in total. The molecule has 2 rings (SSSR count). The van der Waals surface area contributed by atoms with Crippen molar-refractivity contribution >= 4 is 12.0 Å². The predicted molar refractivity (Wildman–Crippen MR) is 79.3 cm³/mol. The summed E-state index contributed by atoms with van der Waals surface area (Å²) < 4.78 is 4.75. The highest BCUT2D eigenvalue weighted by molar-refractivity contribution is 5.77. The number of hydrogen-bond donors (Lipinski definition) is 1. The molecule has 20 heavy (non-hydrogen) atoms. The molecule has 1 aromatic carbocycles. The molecule has 1 aliphatic rings. The Morgan fingerprint density at radius 2 is 2.05 bits per heavy atom. The molecule has 2 atom stereocenters. The van der Waals surface area contributed by atoms with E-state index in [0.29, 0.717) is 0 Å². The summed E-state index contributed by atoms with van der Waals surface area (Å²) in [6.07, 6.45) is 5.87. The van der Waals surface area contributed by atoms with Gasteiger partial charge < -0.3 is 9.84 Å². The van der Waals surface area contributed by atoms with Gasteiger partial charge in [0.15, 0.2) is 0 Å². The fraction of sp³-hybridized carbons (Fsp3) is 0.471. The van der Waals surface area contributed by atoms with E-state index in [9.17, 15) is 9.90 Å². The molecule has 1 unspecified atom stereocenters. The van der Waals surface area contributed by atoms with Crippen LogP contribution in [0.2, 0.25) is 0 Å². The van der Waals surface area contributed by atoms with Gasteiger partial charge in [0.1, 0.15) is 0 Å². The van der Waals surface area contributed by atoms with E-state index < -0.39 is 0 Å². The van der Waals surface area contributed by atoms with Gasteiger partial charge in [0.25, 0.3) is 0 Å². The lowest BCUT2D eigenvalue weighted by molar-refractivity contribution is -0.141. The summed E-state index contributed by atoms with van der Waals surface area (Å²) >= 11 is 0. The first kappa shape index (κ1) is 14.8. The molecular formula is C17H22O3. The molecule has 0 aliphatic heterocycles. The Morgan fingerprint density at radius 1 is 1.35 bits per heavy atom. The number of rotatable bonds is 3. The van der Waals surface area contributed by atoms with Crippen LogP contribution < -0.4 is 0 Å². The summed E-state index contributed by atoms with van der Waals surface area (Å²) in [5.74, 6) is -0.471. The predicted octanol–water partition coefficient (Wildman–Crippen LogP) is 3.28. The Kier molecular flexibility index (Phi) is 4.96. The summed E-state index contributed by atoms with van der Waals surface area (Å²) in [5, 5.41) is 9.95. The number of carbonyl (C=O) groups excluding carboxylic acids is 1. The number of aliphatic hydroxyl groups excluding tert-OH is 1. The zero-order valence-corrected chi connectivity index (χ0v) is 12.1. The normalized spacial score (nSPS) is 22.6. The summed E-state index contributed by atoms with van der Waals surface area (Å²) in [5.41, 5.74) is 3.13. The van der Waals surface area contributed by atoms with Gasteiger partial charge >= 0.3 is 5.97 Å². The third kappa shape index (κ3) is 3.48. The number of hydrogen-bond acceptors (Lipinski definition) is 3. The van der Waals surface area contributed by atoms with Crippen LogP contribution in [-0.4, -0.2) is 24.3 Å². The fourth-order valence-corrected chi connectivity index (χ4v) is 2.60. The first-order chi connectivity index (χ1) is 9.61. The maximum absolute atomic E-state index is 11.5. The minimum absolute atomic E-state index is 0.223. The van der Waals surface area contributed by atoms with Crippen LogP contribution in [0.25, 0.3) is 6.08 Å². The lowest BCUT2D eigenvalue weighted by atomic mass is 9.90. The minimum atomic E-state index is -0.294. The molecule has 0 bridgehead atoms. The molecule has 108 valence electrons. The molecule has 0 spiro atoms. The zero-order valence-electron chi connectivity index (χ0n) is 12.1. The van der Waals surface area contributed by atoms with Crippen LogP contribution in [0.3, 0.4) is 0 Å². The molecular weight excluding hydrogens is 252 g/mol. The average Bonchev–Trinajstić information content (AvgIpc) is 2.49. The summed E-state index contributed by atoms with van der Waals surface area (Å²) in [6.45, 7) is 1.84. The first-order valence-corrected chi connectivity index (χ1v) is 7.18. The topological polar surface area (TPSA) is 46.5 Å². The minimum Gasteiger partial charge on any atom is -0.469 e. The van der Waals surface area contributed by atoms with E-state index in [-0.39, 0.29) is 18.0 Å². The molecule has 0 radical (unpaired) electrons. The lowest BCUT2D eigenvalue weighted by Crippen LogP contribution is -2.14. The highest BCUT2D eigenvalue weighted by Gasteiger charge is 2.17. The van der Waals surface area contributed by atoms with Gasteiger partial charge in [0.2, 0.25) is 0 Å².